The first-order valence-corrected chi connectivity index (χ1v) is 5.63. The number of H-pyrrole nitrogens is 1. The molecule has 0 saturated heterocycles. The molecule has 0 bridgehead atoms. The summed E-state index contributed by atoms with van der Waals surface area (Å²) in [6.45, 7) is 1.84. The van der Waals surface area contributed by atoms with Crippen LogP contribution in [0.25, 0.3) is 0 Å². The minimum absolute atomic E-state index is 0.0369. The highest BCUT2D eigenvalue weighted by Crippen LogP contribution is 2.22. The lowest BCUT2D eigenvalue weighted by Gasteiger charge is -2.14. The van der Waals surface area contributed by atoms with E-state index in [1.54, 1.807) is 0 Å². The average molecular weight is 260 g/mol. The fourth-order valence-electron chi connectivity index (χ4n) is 1.70. The van der Waals surface area contributed by atoms with E-state index in [9.17, 15) is 14.9 Å². The normalized spacial score (nSPS) is 11.8. The molecule has 7 heteroatoms. The number of nitro groups is 1. The molecule has 0 radical (unpaired) electrons. The summed E-state index contributed by atoms with van der Waals surface area (Å²) < 4.78 is 0. The molecule has 0 fully saturated rings. The van der Waals surface area contributed by atoms with Crippen LogP contribution in [-0.2, 0) is 0 Å². The highest BCUT2D eigenvalue weighted by molar-refractivity contribution is 5.54. The van der Waals surface area contributed by atoms with Crippen LogP contribution in [0.2, 0.25) is 0 Å². The summed E-state index contributed by atoms with van der Waals surface area (Å²) in [5.74, 6) is -0.0369. The summed E-state index contributed by atoms with van der Waals surface area (Å²) in [6, 6.07) is 9.19. The highest BCUT2D eigenvalue weighted by atomic mass is 16.6. The van der Waals surface area contributed by atoms with Crippen molar-refractivity contribution in [1.82, 2.24) is 9.97 Å². The Hall–Kier alpha value is -2.70. The molecule has 1 aromatic heterocycles. The molecule has 1 atom stereocenters. The van der Waals surface area contributed by atoms with E-state index in [0.717, 1.165) is 11.9 Å². The number of nitrogens with one attached hydrogen (secondary N) is 2. The third-order valence-electron chi connectivity index (χ3n) is 2.66. The molecule has 2 N–H and O–H groups in total. The zero-order valence-corrected chi connectivity index (χ0v) is 10.2. The van der Waals surface area contributed by atoms with Crippen LogP contribution in [0.5, 0.6) is 0 Å². The minimum Gasteiger partial charge on any atom is -0.358 e. The molecule has 0 saturated carbocycles. The van der Waals surface area contributed by atoms with E-state index < -0.39 is 16.2 Å². The van der Waals surface area contributed by atoms with Crippen LogP contribution in [-0.4, -0.2) is 14.9 Å². The monoisotopic (exact) mass is 260 g/mol. The number of aromatic amines is 1. The van der Waals surface area contributed by atoms with Gasteiger partial charge in [-0.25, -0.2) is 4.98 Å². The quantitative estimate of drug-likeness (QED) is 0.645. The van der Waals surface area contributed by atoms with Crippen LogP contribution < -0.4 is 10.9 Å². The van der Waals surface area contributed by atoms with Crippen molar-refractivity contribution in [2.75, 3.05) is 5.32 Å². The van der Waals surface area contributed by atoms with Gasteiger partial charge in [-0.05, 0) is 12.5 Å². The topological polar surface area (TPSA) is 101 Å². The Morgan fingerprint density at radius 2 is 2.05 bits per heavy atom. The van der Waals surface area contributed by atoms with Crippen molar-refractivity contribution in [3.05, 3.63) is 62.7 Å². The molecule has 2 aromatic rings. The Kier molecular flexibility index (Phi) is 3.56. The first-order valence-electron chi connectivity index (χ1n) is 5.63. The smallest absolute Gasteiger partial charge is 0.358 e. The van der Waals surface area contributed by atoms with E-state index in [-0.39, 0.29) is 11.9 Å². The van der Waals surface area contributed by atoms with Gasteiger partial charge in [0.25, 0.3) is 0 Å². The Morgan fingerprint density at radius 1 is 1.37 bits per heavy atom. The molecule has 1 unspecified atom stereocenters. The molecule has 0 aliphatic carbocycles. The molecule has 2 rings (SSSR count). The van der Waals surface area contributed by atoms with E-state index in [0.29, 0.717) is 0 Å². The van der Waals surface area contributed by atoms with Gasteiger partial charge in [-0.3, -0.25) is 14.9 Å². The number of nitrogens with zero attached hydrogens (tertiary/aromatic N) is 2. The summed E-state index contributed by atoms with van der Waals surface area (Å²) in [5, 5.41) is 13.7. The predicted molar refractivity (Wildman–Crippen MR) is 70.0 cm³/mol. The largest absolute Gasteiger partial charge is 0.375 e. The van der Waals surface area contributed by atoms with Gasteiger partial charge in [-0.1, -0.05) is 30.3 Å². The molecule has 0 amide bonds. The van der Waals surface area contributed by atoms with Crippen LogP contribution in [0.3, 0.4) is 0 Å². The van der Waals surface area contributed by atoms with Crippen molar-refractivity contribution in [2.24, 2.45) is 0 Å². The highest BCUT2D eigenvalue weighted by Gasteiger charge is 2.21. The Balaban J connectivity index is 2.32. The Labute approximate surface area is 108 Å². The van der Waals surface area contributed by atoms with Gasteiger partial charge in [-0.2, -0.15) is 0 Å². The molecular formula is C12H12N4O3. The van der Waals surface area contributed by atoms with Crippen LogP contribution in [0.15, 0.2) is 41.5 Å². The van der Waals surface area contributed by atoms with Crippen molar-refractivity contribution >= 4 is 11.5 Å². The molecule has 0 aliphatic rings. The SMILES string of the molecule is CC(Nc1nc[nH]c(=O)c1[N+](=O)[O-])c1ccccc1. The fourth-order valence-corrected chi connectivity index (χ4v) is 1.70. The second-order valence-corrected chi connectivity index (χ2v) is 3.96. The number of rotatable bonds is 4. The van der Waals surface area contributed by atoms with E-state index in [1.165, 1.54) is 0 Å². The van der Waals surface area contributed by atoms with Crippen molar-refractivity contribution < 1.29 is 4.92 Å². The van der Waals surface area contributed by atoms with Crippen LogP contribution in [0.4, 0.5) is 11.5 Å². The Morgan fingerprint density at radius 3 is 2.68 bits per heavy atom. The molecule has 7 nitrogen and oxygen atoms in total. The number of hydrogen-bond acceptors (Lipinski definition) is 5. The number of aromatic nitrogens is 2. The zero-order chi connectivity index (χ0) is 13.8. The van der Waals surface area contributed by atoms with Crippen molar-refractivity contribution in [3.8, 4) is 0 Å². The molecule has 1 aromatic carbocycles. The summed E-state index contributed by atoms with van der Waals surface area (Å²) in [6.07, 6.45) is 1.13. The zero-order valence-electron chi connectivity index (χ0n) is 10.2. The average Bonchev–Trinajstić information content (AvgIpc) is 2.39. The van der Waals surface area contributed by atoms with Crippen molar-refractivity contribution in [3.63, 3.8) is 0 Å². The summed E-state index contributed by atoms with van der Waals surface area (Å²) in [5.41, 5.74) is -0.410. The van der Waals surface area contributed by atoms with Gasteiger partial charge in [-0.15, -0.1) is 0 Å². The van der Waals surface area contributed by atoms with Gasteiger partial charge < -0.3 is 10.3 Å². The van der Waals surface area contributed by atoms with Crippen LogP contribution in [0.1, 0.15) is 18.5 Å². The van der Waals surface area contributed by atoms with Crippen LogP contribution >= 0.6 is 0 Å². The minimum atomic E-state index is -0.775. The lowest BCUT2D eigenvalue weighted by molar-refractivity contribution is -0.385. The van der Waals surface area contributed by atoms with Gasteiger partial charge >= 0.3 is 11.2 Å². The maximum Gasteiger partial charge on any atom is 0.375 e. The van der Waals surface area contributed by atoms with Crippen LogP contribution in [0, 0.1) is 10.1 Å². The van der Waals surface area contributed by atoms with Crippen molar-refractivity contribution in [2.45, 2.75) is 13.0 Å². The number of hydrogen-bond donors (Lipinski definition) is 2. The molecule has 0 aliphatic heterocycles. The van der Waals surface area contributed by atoms with E-state index in [1.807, 2.05) is 37.3 Å². The molecule has 19 heavy (non-hydrogen) atoms. The van der Waals surface area contributed by atoms with Gasteiger partial charge in [0.2, 0.25) is 5.82 Å². The third kappa shape index (κ3) is 2.76. The second-order valence-electron chi connectivity index (χ2n) is 3.96. The van der Waals surface area contributed by atoms with Gasteiger partial charge in [0.1, 0.15) is 0 Å². The van der Waals surface area contributed by atoms with Gasteiger partial charge in [0.05, 0.1) is 17.3 Å². The first kappa shape index (κ1) is 12.7. The molecule has 1 heterocycles. The number of benzene rings is 1. The van der Waals surface area contributed by atoms with E-state index in [4.69, 9.17) is 0 Å². The lowest BCUT2D eigenvalue weighted by Crippen LogP contribution is -2.17. The van der Waals surface area contributed by atoms with Gasteiger partial charge in [0, 0.05) is 0 Å². The molecule has 0 spiro atoms. The molecule has 98 valence electrons. The maximum atomic E-state index is 11.4. The lowest BCUT2D eigenvalue weighted by atomic mass is 10.1. The second kappa shape index (κ2) is 5.30. The predicted octanol–water partition coefficient (Wildman–Crippen LogP) is 1.85. The summed E-state index contributed by atoms with van der Waals surface area (Å²) in [4.78, 5) is 27.5. The fraction of sp³-hybridized carbons (Fsp3) is 0.167. The first-order chi connectivity index (χ1) is 9.09. The molecular weight excluding hydrogens is 248 g/mol. The van der Waals surface area contributed by atoms with Crippen molar-refractivity contribution in [1.29, 1.82) is 0 Å². The third-order valence-corrected chi connectivity index (χ3v) is 2.66. The van der Waals surface area contributed by atoms with E-state index >= 15 is 0 Å². The Bertz CT molecular complexity index is 639. The summed E-state index contributed by atoms with van der Waals surface area (Å²) >= 11 is 0. The van der Waals surface area contributed by atoms with Gasteiger partial charge in [0.15, 0.2) is 0 Å². The maximum absolute atomic E-state index is 11.4. The van der Waals surface area contributed by atoms with E-state index in [2.05, 4.69) is 15.3 Å². The summed E-state index contributed by atoms with van der Waals surface area (Å²) in [7, 11) is 0. The number of anilines is 1. The standard InChI is InChI=1S/C12H12N4O3/c1-8(9-5-3-2-4-6-9)15-11-10(16(18)19)12(17)14-7-13-11/h2-8H,1H3,(H2,13,14,15,17).